The Labute approximate surface area is 126 Å². The monoisotopic (exact) mass is 279 g/mol. The van der Waals surface area contributed by atoms with Crippen molar-refractivity contribution in [1.29, 1.82) is 0 Å². The molecule has 0 bridgehead atoms. The van der Waals surface area contributed by atoms with Crippen LogP contribution < -0.4 is 5.32 Å². The molecule has 0 saturated carbocycles. The molecule has 1 unspecified atom stereocenters. The summed E-state index contributed by atoms with van der Waals surface area (Å²) in [7, 11) is 0. The molecule has 0 aromatic rings. The lowest BCUT2D eigenvalue weighted by atomic mass is 9.97. The molecule has 0 radical (unpaired) electrons. The van der Waals surface area contributed by atoms with Crippen molar-refractivity contribution in [2.24, 2.45) is 11.8 Å². The van der Waals surface area contributed by atoms with Crippen molar-refractivity contribution in [3.8, 4) is 0 Å². The highest BCUT2D eigenvalue weighted by atomic mass is 16.1. The van der Waals surface area contributed by atoms with Crippen LogP contribution in [0.25, 0.3) is 0 Å². The second-order valence-corrected chi connectivity index (χ2v) is 3.32. The van der Waals surface area contributed by atoms with E-state index in [2.05, 4.69) is 26.1 Å². The fraction of sp³-hybridized carbons (Fsp3) is 0.941. The summed E-state index contributed by atoms with van der Waals surface area (Å²) in [6.07, 6.45) is 1.01. The van der Waals surface area contributed by atoms with Crippen molar-refractivity contribution in [1.82, 2.24) is 5.32 Å². The van der Waals surface area contributed by atoms with Crippen molar-refractivity contribution in [3.05, 3.63) is 0 Å². The summed E-state index contributed by atoms with van der Waals surface area (Å²) in [6, 6.07) is 0. The van der Waals surface area contributed by atoms with Crippen LogP contribution in [0, 0.1) is 11.8 Å². The van der Waals surface area contributed by atoms with Gasteiger partial charge in [-0.05, 0) is 12.3 Å². The average Bonchev–Trinajstić information content (AvgIpc) is 2.51. The quantitative estimate of drug-likeness (QED) is 0.656. The Morgan fingerprint density at radius 1 is 0.895 bits per heavy atom. The predicted octanol–water partition coefficient (Wildman–Crippen LogP) is 6.16. The van der Waals surface area contributed by atoms with Gasteiger partial charge >= 0.3 is 0 Å². The minimum absolute atomic E-state index is 0. The Kier molecular flexibility index (Phi) is 58.9. The van der Waals surface area contributed by atoms with Crippen LogP contribution in [0.2, 0.25) is 0 Å². The van der Waals surface area contributed by atoms with Crippen molar-refractivity contribution in [2.45, 2.75) is 89.5 Å². The average molecular weight is 280 g/mol. The van der Waals surface area contributed by atoms with Gasteiger partial charge in [-0.3, -0.25) is 4.79 Å². The Morgan fingerprint density at radius 3 is 1.42 bits per heavy atom. The summed E-state index contributed by atoms with van der Waals surface area (Å²) in [5.41, 5.74) is 0. The van der Waals surface area contributed by atoms with E-state index >= 15 is 0 Å². The van der Waals surface area contributed by atoms with Crippen molar-refractivity contribution in [2.75, 3.05) is 6.54 Å². The molecule has 0 aliphatic carbocycles. The summed E-state index contributed by atoms with van der Waals surface area (Å²) < 4.78 is 0. The van der Waals surface area contributed by atoms with Crippen LogP contribution in [0.3, 0.4) is 0 Å². The smallest absolute Gasteiger partial charge is 0.223 e. The van der Waals surface area contributed by atoms with Gasteiger partial charge in [-0.2, -0.15) is 0 Å². The molecule has 0 rings (SSSR count). The second-order valence-electron chi connectivity index (χ2n) is 3.32. The SMILES string of the molecule is CC.CC.CC.CC.CCCNC(=O)C(C)C(C)C.[HH]. The van der Waals surface area contributed by atoms with Crippen molar-refractivity contribution in [3.63, 3.8) is 0 Å². The second kappa shape index (κ2) is 36.0. The van der Waals surface area contributed by atoms with Gasteiger partial charge in [0.05, 0.1) is 0 Å². The molecule has 0 spiro atoms. The molecule has 1 amide bonds. The molecule has 0 heterocycles. The summed E-state index contributed by atoms with van der Waals surface area (Å²) in [4.78, 5) is 11.2. The summed E-state index contributed by atoms with van der Waals surface area (Å²) in [5.74, 6) is 0.759. The summed E-state index contributed by atoms with van der Waals surface area (Å²) in [6.45, 7) is 25.0. The Morgan fingerprint density at radius 2 is 1.21 bits per heavy atom. The van der Waals surface area contributed by atoms with E-state index in [0.29, 0.717) is 5.92 Å². The van der Waals surface area contributed by atoms with Crippen LogP contribution in [-0.2, 0) is 4.79 Å². The van der Waals surface area contributed by atoms with E-state index in [1.807, 2.05) is 62.3 Å². The molecule has 19 heavy (non-hydrogen) atoms. The zero-order chi connectivity index (χ0) is 16.9. The third kappa shape index (κ3) is 31.8. The van der Waals surface area contributed by atoms with E-state index in [0.717, 1.165) is 13.0 Å². The Balaban J connectivity index is -0.0000000467. The molecule has 0 aromatic carbocycles. The van der Waals surface area contributed by atoms with Gasteiger partial charge in [0, 0.05) is 13.9 Å². The summed E-state index contributed by atoms with van der Waals surface area (Å²) in [5, 5.41) is 2.87. The minimum Gasteiger partial charge on any atom is -0.356 e. The van der Waals surface area contributed by atoms with Gasteiger partial charge in [-0.1, -0.05) is 83.1 Å². The lowest BCUT2D eigenvalue weighted by Gasteiger charge is -2.14. The van der Waals surface area contributed by atoms with Crippen molar-refractivity contribution < 1.29 is 6.22 Å². The zero-order valence-corrected chi connectivity index (χ0v) is 16.0. The van der Waals surface area contributed by atoms with Crippen molar-refractivity contribution >= 4 is 5.91 Å². The number of carbonyl (C=O) groups is 1. The Hall–Kier alpha value is -0.530. The maximum Gasteiger partial charge on any atom is 0.223 e. The molecule has 0 aliphatic rings. The molecule has 0 aromatic heterocycles. The van der Waals surface area contributed by atoms with Crippen LogP contribution >= 0.6 is 0 Å². The molecule has 2 nitrogen and oxygen atoms in total. The van der Waals surface area contributed by atoms with E-state index in [1.54, 1.807) is 0 Å². The van der Waals surface area contributed by atoms with E-state index in [-0.39, 0.29) is 13.3 Å². The largest absolute Gasteiger partial charge is 0.356 e. The van der Waals surface area contributed by atoms with Crippen LogP contribution in [0.5, 0.6) is 0 Å². The lowest BCUT2D eigenvalue weighted by molar-refractivity contribution is -0.125. The normalized spacial score (nSPS) is 8.89. The fourth-order valence-corrected chi connectivity index (χ4v) is 0.712. The molecule has 0 saturated heterocycles. The highest BCUT2D eigenvalue weighted by Crippen LogP contribution is 2.08. The van der Waals surface area contributed by atoms with Gasteiger partial charge in [0.1, 0.15) is 0 Å². The van der Waals surface area contributed by atoms with Crippen LogP contribution in [0.4, 0.5) is 0 Å². The van der Waals surface area contributed by atoms with Gasteiger partial charge in [0.2, 0.25) is 5.91 Å². The van der Waals surface area contributed by atoms with E-state index in [1.165, 1.54) is 0 Å². The highest BCUT2D eigenvalue weighted by molar-refractivity contribution is 5.78. The Bertz CT molecular complexity index is 128. The van der Waals surface area contributed by atoms with Crippen LogP contribution in [0.1, 0.15) is 90.9 Å². The molecule has 124 valence electrons. The molecular weight excluding hydrogens is 234 g/mol. The van der Waals surface area contributed by atoms with Gasteiger partial charge < -0.3 is 5.32 Å². The first-order valence-corrected chi connectivity index (χ1v) is 8.37. The topological polar surface area (TPSA) is 29.1 Å². The number of carbonyl (C=O) groups excluding carboxylic acids is 1. The van der Waals surface area contributed by atoms with E-state index < -0.39 is 0 Å². The molecule has 1 N–H and O–H groups in total. The van der Waals surface area contributed by atoms with Gasteiger partial charge in [-0.25, -0.2) is 0 Å². The van der Waals surface area contributed by atoms with Gasteiger partial charge in [-0.15, -0.1) is 0 Å². The molecule has 0 fully saturated rings. The standard InChI is InChI=1S/C9H19NO.4C2H6.H2/c1-5-6-10-9(11)8(4)7(2)3;4*1-2;/h7-8H,5-6H2,1-4H3,(H,10,11);4*1-2H3;1H. The van der Waals surface area contributed by atoms with E-state index in [4.69, 9.17) is 0 Å². The first kappa shape index (κ1) is 31.1. The zero-order valence-electron chi connectivity index (χ0n) is 16.0. The lowest BCUT2D eigenvalue weighted by Crippen LogP contribution is -2.32. The number of rotatable bonds is 4. The third-order valence-corrected chi connectivity index (χ3v) is 1.96. The number of nitrogens with one attached hydrogen (secondary N) is 1. The maximum atomic E-state index is 11.2. The first-order valence-electron chi connectivity index (χ1n) is 8.37. The molecule has 2 heteroatoms. The molecule has 0 aliphatic heterocycles. The fourth-order valence-electron chi connectivity index (χ4n) is 0.712. The van der Waals surface area contributed by atoms with Gasteiger partial charge in [0.15, 0.2) is 0 Å². The minimum atomic E-state index is 0. The van der Waals surface area contributed by atoms with Crippen LogP contribution in [-0.4, -0.2) is 12.5 Å². The molecule has 1 atom stereocenters. The molecular formula is C17H45NO. The van der Waals surface area contributed by atoms with E-state index in [9.17, 15) is 4.79 Å². The number of hydrogen-bond donors (Lipinski definition) is 1. The third-order valence-electron chi connectivity index (χ3n) is 1.96. The number of hydrogen-bond acceptors (Lipinski definition) is 1. The highest BCUT2D eigenvalue weighted by Gasteiger charge is 2.14. The van der Waals surface area contributed by atoms with Gasteiger partial charge in [0.25, 0.3) is 0 Å². The van der Waals surface area contributed by atoms with Crippen LogP contribution in [0.15, 0.2) is 0 Å². The predicted molar refractivity (Wildman–Crippen MR) is 94.8 cm³/mol. The summed E-state index contributed by atoms with van der Waals surface area (Å²) >= 11 is 0. The maximum absolute atomic E-state index is 11.2. The first-order chi connectivity index (χ1) is 9.09. The number of amides is 1.